The predicted molar refractivity (Wildman–Crippen MR) is 147 cm³/mol. The van der Waals surface area contributed by atoms with E-state index < -0.39 is 0 Å². The van der Waals surface area contributed by atoms with Gasteiger partial charge >= 0.3 is 0 Å². The number of piperidine rings is 1. The smallest absolute Gasteiger partial charge is 0.223 e. The lowest BCUT2D eigenvalue weighted by Crippen LogP contribution is -2.42. The fourth-order valence-corrected chi connectivity index (χ4v) is 6.09. The predicted octanol–water partition coefficient (Wildman–Crippen LogP) is 4.98. The van der Waals surface area contributed by atoms with Crippen LogP contribution in [-0.4, -0.2) is 55.6 Å². The van der Waals surface area contributed by atoms with Gasteiger partial charge in [0.2, 0.25) is 5.91 Å². The molecule has 3 aromatic rings. The second kappa shape index (κ2) is 11.4. The first-order chi connectivity index (χ1) is 17.6. The molecular formula is C29H36N4O2S. The van der Waals surface area contributed by atoms with Gasteiger partial charge in [-0.2, -0.15) is 0 Å². The lowest BCUT2D eigenvalue weighted by molar-refractivity contribution is -0.125. The van der Waals surface area contributed by atoms with Gasteiger partial charge in [0.1, 0.15) is 5.75 Å². The van der Waals surface area contributed by atoms with Crippen LogP contribution in [0, 0.1) is 18.8 Å². The van der Waals surface area contributed by atoms with Crippen LogP contribution in [0.15, 0.2) is 53.9 Å². The number of carbonyl (C=O) groups is 1. The first-order valence-corrected chi connectivity index (χ1v) is 13.9. The minimum absolute atomic E-state index is 0.104. The third kappa shape index (κ3) is 6.08. The Hall–Kier alpha value is -2.90. The number of methoxy groups -OCH3 is 1. The van der Waals surface area contributed by atoms with E-state index in [0.717, 1.165) is 80.7 Å². The third-order valence-corrected chi connectivity index (χ3v) is 8.38. The van der Waals surface area contributed by atoms with E-state index in [4.69, 9.17) is 9.72 Å². The number of nitrogens with zero attached hydrogens (tertiary/aromatic N) is 3. The summed E-state index contributed by atoms with van der Waals surface area (Å²) in [6.45, 7) is 7.84. The number of likely N-dealkylation sites (tertiary alicyclic amines) is 1. The highest BCUT2D eigenvalue weighted by atomic mass is 32.1. The Morgan fingerprint density at radius 1 is 1.06 bits per heavy atom. The fourth-order valence-electron chi connectivity index (χ4n) is 5.20. The normalized spacial score (nSPS) is 18.9. The summed E-state index contributed by atoms with van der Waals surface area (Å²) < 4.78 is 5.25. The van der Waals surface area contributed by atoms with E-state index in [2.05, 4.69) is 51.7 Å². The third-order valence-electron chi connectivity index (χ3n) is 7.48. The van der Waals surface area contributed by atoms with E-state index in [1.54, 1.807) is 18.4 Å². The second-order valence-electron chi connectivity index (χ2n) is 10.1. The Morgan fingerprint density at radius 3 is 2.53 bits per heavy atom. The second-order valence-corrected chi connectivity index (χ2v) is 11.0. The number of ether oxygens (including phenoxy) is 1. The number of nitrogens with one attached hydrogen (secondary N) is 1. The topological polar surface area (TPSA) is 57.7 Å². The quantitative estimate of drug-likeness (QED) is 0.469. The summed E-state index contributed by atoms with van der Waals surface area (Å²) in [5.41, 5.74) is 4.76. The van der Waals surface area contributed by atoms with Gasteiger partial charge in [0.05, 0.1) is 12.8 Å². The monoisotopic (exact) mass is 504 g/mol. The number of thiazole rings is 1. The van der Waals surface area contributed by atoms with Crippen molar-refractivity contribution in [1.82, 2.24) is 15.2 Å². The molecule has 0 radical (unpaired) electrons. The van der Waals surface area contributed by atoms with Crippen LogP contribution in [0.2, 0.25) is 0 Å². The van der Waals surface area contributed by atoms with Crippen molar-refractivity contribution in [3.63, 3.8) is 0 Å². The van der Waals surface area contributed by atoms with Gasteiger partial charge in [-0.05, 0) is 68.5 Å². The molecule has 1 amide bonds. The van der Waals surface area contributed by atoms with Crippen molar-refractivity contribution >= 4 is 22.4 Å². The molecule has 3 heterocycles. The van der Waals surface area contributed by atoms with E-state index in [1.807, 2.05) is 24.3 Å². The van der Waals surface area contributed by atoms with Crippen molar-refractivity contribution in [2.45, 2.75) is 32.7 Å². The van der Waals surface area contributed by atoms with E-state index in [-0.39, 0.29) is 11.8 Å². The Bertz CT molecular complexity index is 1140. The molecule has 1 unspecified atom stereocenters. The molecule has 2 fully saturated rings. The maximum atomic E-state index is 12.9. The number of aromatic nitrogens is 1. The summed E-state index contributed by atoms with van der Waals surface area (Å²) in [6.07, 6.45) is 2.92. The van der Waals surface area contributed by atoms with Crippen LogP contribution in [0.5, 0.6) is 5.75 Å². The van der Waals surface area contributed by atoms with Gasteiger partial charge in [0.25, 0.3) is 0 Å². The van der Waals surface area contributed by atoms with Gasteiger partial charge in [-0.3, -0.25) is 9.69 Å². The highest BCUT2D eigenvalue weighted by Gasteiger charge is 2.28. The summed E-state index contributed by atoms with van der Waals surface area (Å²) in [5, 5.41) is 6.42. The molecule has 0 saturated carbocycles. The molecule has 190 valence electrons. The zero-order valence-electron chi connectivity index (χ0n) is 21.3. The molecule has 5 rings (SSSR count). The summed E-state index contributed by atoms with van der Waals surface area (Å²) in [5.74, 6) is 1.73. The number of aryl methyl sites for hydroxylation is 1. The summed E-state index contributed by atoms with van der Waals surface area (Å²) >= 11 is 1.68. The van der Waals surface area contributed by atoms with Gasteiger partial charge in [0.15, 0.2) is 5.13 Å². The molecule has 1 aromatic heterocycles. The van der Waals surface area contributed by atoms with Crippen LogP contribution >= 0.6 is 11.3 Å². The minimum Gasteiger partial charge on any atom is -0.497 e. The number of benzene rings is 2. The van der Waals surface area contributed by atoms with Crippen LogP contribution < -0.4 is 15.0 Å². The SMILES string of the molecule is COc1ccc(-c2csc(N3CCC(C(=O)NCC4CCN(Cc5ccc(C)cc5)C4)CC3)n2)cc1. The maximum Gasteiger partial charge on any atom is 0.223 e. The van der Waals surface area contributed by atoms with Crippen LogP contribution in [0.25, 0.3) is 11.3 Å². The maximum absolute atomic E-state index is 12.9. The Morgan fingerprint density at radius 2 is 1.81 bits per heavy atom. The van der Waals surface area contributed by atoms with Crippen molar-refractivity contribution in [1.29, 1.82) is 0 Å². The van der Waals surface area contributed by atoms with Crippen molar-refractivity contribution < 1.29 is 9.53 Å². The standard InChI is InChI=1S/C29H36N4O2S/c1-21-3-5-22(6-4-21)18-32-14-11-23(19-32)17-30-28(34)25-12-15-33(16-13-25)29-31-27(20-36-29)24-7-9-26(35-2)10-8-24/h3-10,20,23,25H,11-19H2,1-2H3,(H,30,34). The molecule has 6 nitrogen and oxygen atoms in total. The molecule has 2 aromatic carbocycles. The van der Waals surface area contributed by atoms with Gasteiger partial charge in [0, 0.05) is 49.6 Å². The average molecular weight is 505 g/mol. The zero-order chi connectivity index (χ0) is 24.9. The highest BCUT2D eigenvalue weighted by Crippen LogP contribution is 2.31. The molecule has 0 spiro atoms. The lowest BCUT2D eigenvalue weighted by Gasteiger charge is -2.31. The Balaban J connectivity index is 1.04. The first-order valence-electron chi connectivity index (χ1n) is 13.0. The molecule has 2 saturated heterocycles. The van der Waals surface area contributed by atoms with Gasteiger partial charge in [-0.25, -0.2) is 4.98 Å². The first kappa shape index (κ1) is 24.8. The van der Waals surface area contributed by atoms with Crippen LogP contribution in [0.3, 0.4) is 0 Å². The molecule has 2 aliphatic heterocycles. The fraction of sp³-hybridized carbons (Fsp3) is 0.448. The number of hydrogen-bond acceptors (Lipinski definition) is 6. The van der Waals surface area contributed by atoms with Crippen LogP contribution in [0.1, 0.15) is 30.4 Å². The van der Waals surface area contributed by atoms with E-state index >= 15 is 0 Å². The van der Waals surface area contributed by atoms with E-state index in [0.29, 0.717) is 5.92 Å². The van der Waals surface area contributed by atoms with E-state index in [1.165, 1.54) is 11.1 Å². The molecule has 1 atom stereocenters. The summed E-state index contributed by atoms with van der Waals surface area (Å²) in [4.78, 5) is 22.6. The zero-order valence-corrected chi connectivity index (χ0v) is 22.1. The van der Waals surface area contributed by atoms with Crippen molar-refractivity contribution in [2.24, 2.45) is 11.8 Å². The van der Waals surface area contributed by atoms with E-state index in [9.17, 15) is 4.79 Å². The lowest BCUT2D eigenvalue weighted by atomic mass is 9.96. The molecule has 36 heavy (non-hydrogen) atoms. The molecule has 0 bridgehead atoms. The molecule has 2 aliphatic rings. The van der Waals surface area contributed by atoms with Gasteiger partial charge < -0.3 is 15.0 Å². The number of carbonyl (C=O) groups excluding carboxylic acids is 1. The van der Waals surface area contributed by atoms with Crippen molar-refractivity contribution in [3.8, 4) is 17.0 Å². The molecule has 7 heteroatoms. The van der Waals surface area contributed by atoms with Gasteiger partial charge in [-0.1, -0.05) is 29.8 Å². The molecule has 1 N–H and O–H groups in total. The van der Waals surface area contributed by atoms with Crippen molar-refractivity contribution in [3.05, 3.63) is 65.0 Å². The van der Waals surface area contributed by atoms with Crippen LogP contribution in [-0.2, 0) is 11.3 Å². The van der Waals surface area contributed by atoms with Gasteiger partial charge in [-0.15, -0.1) is 11.3 Å². The minimum atomic E-state index is 0.104. The van der Waals surface area contributed by atoms with Crippen molar-refractivity contribution in [2.75, 3.05) is 44.7 Å². The van der Waals surface area contributed by atoms with Crippen LogP contribution in [0.4, 0.5) is 5.13 Å². The molecule has 0 aliphatic carbocycles. The number of amides is 1. The Kier molecular flexibility index (Phi) is 7.87. The molecular weight excluding hydrogens is 468 g/mol. The summed E-state index contributed by atoms with van der Waals surface area (Å²) in [6, 6.07) is 16.8. The number of rotatable bonds is 8. The highest BCUT2D eigenvalue weighted by molar-refractivity contribution is 7.14. The number of hydrogen-bond donors (Lipinski definition) is 1. The number of anilines is 1. The summed E-state index contributed by atoms with van der Waals surface area (Å²) in [7, 11) is 1.68. The Labute approximate surface area is 218 Å². The largest absolute Gasteiger partial charge is 0.497 e. The average Bonchev–Trinajstić information content (AvgIpc) is 3.59.